The van der Waals surface area contributed by atoms with Crippen molar-refractivity contribution in [1.29, 1.82) is 5.26 Å². The molecule has 0 heterocycles. The zero-order chi connectivity index (χ0) is 23.3. The summed E-state index contributed by atoms with van der Waals surface area (Å²) in [7, 11) is 0. The van der Waals surface area contributed by atoms with Gasteiger partial charge < -0.3 is 15.5 Å². The van der Waals surface area contributed by atoms with E-state index in [9.17, 15) is 14.4 Å². The average Bonchev–Trinajstić information content (AvgIpc) is 2.82. The zero-order valence-corrected chi connectivity index (χ0v) is 18.6. The van der Waals surface area contributed by atoms with Crippen LogP contribution in [0.4, 0.5) is 11.4 Å². The molecule has 3 amide bonds. The highest BCUT2D eigenvalue weighted by Gasteiger charge is 2.17. The van der Waals surface area contributed by atoms with Crippen LogP contribution in [0.2, 0.25) is 0 Å². The van der Waals surface area contributed by atoms with Gasteiger partial charge >= 0.3 is 0 Å². The van der Waals surface area contributed by atoms with Gasteiger partial charge in [0.2, 0.25) is 17.7 Å². The normalized spacial score (nSPS) is 11.2. The van der Waals surface area contributed by atoms with Crippen molar-refractivity contribution < 1.29 is 14.4 Å². The van der Waals surface area contributed by atoms with Crippen LogP contribution < -0.4 is 15.5 Å². The maximum Gasteiger partial charge on any atom is 0.227 e. The maximum absolute atomic E-state index is 12.7. The van der Waals surface area contributed by atoms with Gasteiger partial charge in [-0.3, -0.25) is 14.4 Å². The second-order valence-electron chi connectivity index (χ2n) is 7.56. The van der Waals surface area contributed by atoms with E-state index >= 15 is 0 Å². The third-order valence-corrected chi connectivity index (χ3v) is 5.13. The van der Waals surface area contributed by atoms with Crippen molar-refractivity contribution in [3.63, 3.8) is 0 Å². The molecule has 7 nitrogen and oxygen atoms in total. The first kappa shape index (κ1) is 24.6. The number of benzene rings is 2. The molecule has 168 valence electrons. The predicted molar refractivity (Wildman–Crippen MR) is 125 cm³/mol. The highest BCUT2D eigenvalue weighted by molar-refractivity contribution is 5.95. The van der Waals surface area contributed by atoms with E-state index in [0.717, 1.165) is 12.0 Å². The van der Waals surface area contributed by atoms with Gasteiger partial charge in [0.05, 0.1) is 12.5 Å². The Morgan fingerprint density at radius 3 is 2.50 bits per heavy atom. The smallest absolute Gasteiger partial charge is 0.227 e. The van der Waals surface area contributed by atoms with Crippen LogP contribution in [0.1, 0.15) is 45.1 Å². The third-order valence-electron chi connectivity index (χ3n) is 5.13. The second kappa shape index (κ2) is 12.9. The lowest BCUT2D eigenvalue weighted by molar-refractivity contribution is -0.125. The highest BCUT2D eigenvalue weighted by Crippen LogP contribution is 2.16. The predicted octanol–water partition coefficient (Wildman–Crippen LogP) is 4.01. The van der Waals surface area contributed by atoms with E-state index in [-0.39, 0.29) is 49.4 Å². The molecule has 1 unspecified atom stereocenters. The number of amides is 3. The van der Waals surface area contributed by atoms with E-state index in [1.807, 2.05) is 68.4 Å². The van der Waals surface area contributed by atoms with Crippen LogP contribution in [0.3, 0.4) is 0 Å². The Kier molecular flexibility index (Phi) is 9.92. The third kappa shape index (κ3) is 7.88. The minimum absolute atomic E-state index is 0.0356. The number of carbonyl (C=O) groups is 3. The molecule has 0 aliphatic carbocycles. The quantitative estimate of drug-likeness (QED) is 0.558. The van der Waals surface area contributed by atoms with Crippen molar-refractivity contribution in [2.75, 3.05) is 16.8 Å². The molecule has 0 bridgehead atoms. The highest BCUT2D eigenvalue weighted by atomic mass is 16.2. The Labute approximate surface area is 189 Å². The van der Waals surface area contributed by atoms with Crippen molar-refractivity contribution in [2.24, 2.45) is 5.92 Å². The van der Waals surface area contributed by atoms with Crippen molar-refractivity contribution in [1.82, 2.24) is 5.32 Å². The molecule has 0 fully saturated rings. The number of nitrogens with zero attached hydrogens (tertiary/aromatic N) is 2. The second-order valence-corrected chi connectivity index (χ2v) is 7.56. The molecule has 0 spiro atoms. The maximum atomic E-state index is 12.7. The van der Waals surface area contributed by atoms with Crippen LogP contribution in [0.25, 0.3) is 0 Å². The molecular formula is C25H30N4O3. The van der Waals surface area contributed by atoms with Gasteiger partial charge in [0, 0.05) is 43.2 Å². The molecule has 0 aromatic heterocycles. The lowest BCUT2D eigenvalue weighted by atomic mass is 10.1. The van der Waals surface area contributed by atoms with Crippen molar-refractivity contribution in [3.05, 3.63) is 60.2 Å². The molecule has 0 aliphatic heterocycles. The van der Waals surface area contributed by atoms with E-state index in [4.69, 9.17) is 5.26 Å². The van der Waals surface area contributed by atoms with Gasteiger partial charge in [-0.05, 0) is 36.2 Å². The minimum Gasteiger partial charge on any atom is -0.352 e. The van der Waals surface area contributed by atoms with Gasteiger partial charge in [-0.1, -0.05) is 44.2 Å². The Bertz CT molecular complexity index is 953. The zero-order valence-electron chi connectivity index (χ0n) is 18.6. The van der Waals surface area contributed by atoms with Crippen LogP contribution >= 0.6 is 0 Å². The van der Waals surface area contributed by atoms with E-state index in [2.05, 4.69) is 16.7 Å². The van der Waals surface area contributed by atoms with E-state index in [1.165, 1.54) is 0 Å². The standard InChI is InChI=1S/C25H30N4O3/c1-3-19(2)25(32)28-21-10-7-9-20(17-21)18-27-23(30)13-14-24(31)29(16-8-15-26)22-11-5-4-6-12-22/h4-7,9-12,17,19H,3,8,13-14,16,18H2,1-2H3,(H,27,30)(H,28,32). The summed E-state index contributed by atoms with van der Waals surface area (Å²) in [5.41, 5.74) is 2.25. The van der Waals surface area contributed by atoms with Gasteiger partial charge in [0.1, 0.15) is 0 Å². The molecular weight excluding hydrogens is 404 g/mol. The molecule has 0 aliphatic rings. The van der Waals surface area contributed by atoms with E-state index < -0.39 is 0 Å². The SMILES string of the molecule is CCC(C)C(=O)Nc1cccc(CNC(=O)CCC(=O)N(CCC#N)c2ccccc2)c1. The number of para-hydroxylation sites is 1. The summed E-state index contributed by atoms with van der Waals surface area (Å²) < 4.78 is 0. The Morgan fingerprint density at radius 2 is 1.81 bits per heavy atom. The monoisotopic (exact) mass is 434 g/mol. The number of nitrogens with one attached hydrogen (secondary N) is 2. The molecule has 2 aromatic rings. The lowest BCUT2D eigenvalue weighted by Crippen LogP contribution is -2.33. The summed E-state index contributed by atoms with van der Waals surface area (Å²) in [6.45, 7) is 4.43. The topological polar surface area (TPSA) is 102 Å². The van der Waals surface area contributed by atoms with Gasteiger partial charge in [0.25, 0.3) is 0 Å². The van der Waals surface area contributed by atoms with Crippen molar-refractivity contribution >= 4 is 29.1 Å². The van der Waals surface area contributed by atoms with Crippen LogP contribution in [-0.2, 0) is 20.9 Å². The molecule has 2 rings (SSSR count). The molecule has 1 atom stereocenters. The Balaban J connectivity index is 1.86. The fraction of sp³-hybridized carbons (Fsp3) is 0.360. The number of carbonyl (C=O) groups excluding carboxylic acids is 3. The molecule has 7 heteroatoms. The Morgan fingerprint density at radius 1 is 1.06 bits per heavy atom. The van der Waals surface area contributed by atoms with Crippen LogP contribution in [0.5, 0.6) is 0 Å². The van der Waals surface area contributed by atoms with Crippen LogP contribution in [0.15, 0.2) is 54.6 Å². The van der Waals surface area contributed by atoms with E-state index in [1.54, 1.807) is 4.90 Å². The average molecular weight is 435 g/mol. The molecule has 0 saturated carbocycles. The van der Waals surface area contributed by atoms with Crippen LogP contribution in [-0.4, -0.2) is 24.3 Å². The number of hydrogen-bond donors (Lipinski definition) is 2. The molecule has 32 heavy (non-hydrogen) atoms. The lowest BCUT2D eigenvalue weighted by Gasteiger charge is -2.21. The summed E-state index contributed by atoms with van der Waals surface area (Å²) in [5.74, 6) is -0.539. The molecule has 0 saturated heterocycles. The van der Waals surface area contributed by atoms with Crippen molar-refractivity contribution in [3.8, 4) is 6.07 Å². The number of hydrogen-bond acceptors (Lipinski definition) is 4. The van der Waals surface area contributed by atoms with Gasteiger partial charge in [-0.25, -0.2) is 0 Å². The summed E-state index contributed by atoms with van der Waals surface area (Å²) in [4.78, 5) is 38.5. The summed E-state index contributed by atoms with van der Waals surface area (Å²) in [6, 6.07) is 18.5. The van der Waals surface area contributed by atoms with Gasteiger partial charge in [-0.2, -0.15) is 5.26 Å². The Hall–Kier alpha value is -3.66. The van der Waals surface area contributed by atoms with E-state index in [0.29, 0.717) is 17.9 Å². The first-order valence-corrected chi connectivity index (χ1v) is 10.8. The fourth-order valence-corrected chi connectivity index (χ4v) is 3.02. The summed E-state index contributed by atoms with van der Waals surface area (Å²) in [6.07, 6.45) is 1.09. The number of nitriles is 1. The fourth-order valence-electron chi connectivity index (χ4n) is 3.02. The largest absolute Gasteiger partial charge is 0.352 e. The molecule has 2 N–H and O–H groups in total. The van der Waals surface area contributed by atoms with Crippen LogP contribution in [0, 0.1) is 17.2 Å². The summed E-state index contributed by atoms with van der Waals surface area (Å²) >= 11 is 0. The minimum atomic E-state index is -0.235. The number of rotatable bonds is 11. The number of anilines is 2. The molecule has 2 aromatic carbocycles. The van der Waals surface area contributed by atoms with Crippen molar-refractivity contribution in [2.45, 2.75) is 46.1 Å². The molecule has 0 radical (unpaired) electrons. The van der Waals surface area contributed by atoms with Gasteiger partial charge in [0.15, 0.2) is 0 Å². The summed E-state index contributed by atoms with van der Waals surface area (Å²) in [5, 5.41) is 14.6. The first-order chi connectivity index (χ1) is 15.4. The van der Waals surface area contributed by atoms with Gasteiger partial charge in [-0.15, -0.1) is 0 Å². The first-order valence-electron chi connectivity index (χ1n) is 10.8.